The molecule has 22 heavy (non-hydrogen) atoms. The predicted octanol–water partition coefficient (Wildman–Crippen LogP) is 2.05. The van der Waals surface area contributed by atoms with Gasteiger partial charge in [-0.05, 0) is 12.1 Å². The van der Waals surface area contributed by atoms with Crippen LogP contribution in [0.1, 0.15) is 0 Å². The molecule has 0 spiro atoms. The molecule has 1 atom stereocenters. The third-order valence-corrected chi connectivity index (χ3v) is 4.18. The zero-order valence-electron chi connectivity index (χ0n) is 10.8. The Balaban J connectivity index is 2.19. The number of para-hydroxylation sites is 1. The number of carbonyl (C=O) groups is 2. The van der Waals surface area contributed by atoms with E-state index in [0.29, 0.717) is 5.52 Å². The number of esters is 1. The quantitative estimate of drug-likeness (QED) is 0.371. The Morgan fingerprint density at radius 3 is 2.73 bits per heavy atom. The number of hydrogen-bond donors (Lipinski definition) is 1. The number of aromatic nitrogens is 1. The number of halogens is 3. The van der Waals surface area contributed by atoms with Crippen LogP contribution in [-0.2, 0) is 20.9 Å². The van der Waals surface area contributed by atoms with Crippen molar-refractivity contribution in [1.82, 2.24) is 9.88 Å². The van der Waals surface area contributed by atoms with Crippen LogP contribution in [-0.4, -0.2) is 27.0 Å². The molecule has 2 rings (SSSR count). The van der Waals surface area contributed by atoms with E-state index in [1.165, 1.54) is 4.57 Å². The molecular formula is C12H9Cl3N2O4S. The molecule has 10 heteroatoms. The molecule has 0 fully saturated rings. The molecule has 0 aliphatic carbocycles. The molecule has 1 aromatic carbocycles. The van der Waals surface area contributed by atoms with Crippen LogP contribution in [0.4, 0.5) is 0 Å². The van der Waals surface area contributed by atoms with Gasteiger partial charge in [-0.25, -0.2) is 0 Å². The fraction of sp³-hybridized carbons (Fsp3) is 0.250. The lowest BCUT2D eigenvalue weighted by molar-refractivity contribution is -0.151. The van der Waals surface area contributed by atoms with Gasteiger partial charge in [0.15, 0.2) is 0 Å². The number of fused-ring (bicyclic) bond motifs is 1. The summed E-state index contributed by atoms with van der Waals surface area (Å²) in [7, 11) is 0. The topological polar surface area (TPSA) is 77.4 Å². The lowest BCUT2D eigenvalue weighted by atomic mass is 10.3. The molecular weight excluding hydrogens is 375 g/mol. The number of nitrogens with one attached hydrogen (secondary N) is 1. The van der Waals surface area contributed by atoms with Crippen LogP contribution in [0.15, 0.2) is 29.1 Å². The molecule has 0 bridgehead atoms. The number of carbonyl (C=O) groups excluding carboxylic acids is 2. The standard InChI is InChI=1S/C12H9Cl3N2O4S/c13-12(14,15)10(16-6-18)21-9(19)5-17-7-3-1-2-4-8(7)22-11(17)20/h1-4,6,10H,5H2,(H,16,18)/t10-/m1/s1. The van der Waals surface area contributed by atoms with Crippen LogP contribution in [0.5, 0.6) is 0 Å². The number of hydrogen-bond acceptors (Lipinski definition) is 5. The second-order valence-electron chi connectivity index (χ2n) is 4.12. The van der Waals surface area contributed by atoms with Crippen LogP contribution < -0.4 is 10.2 Å². The van der Waals surface area contributed by atoms with E-state index in [2.05, 4.69) is 5.32 Å². The monoisotopic (exact) mass is 382 g/mol. The zero-order valence-corrected chi connectivity index (χ0v) is 13.9. The average molecular weight is 384 g/mol. The van der Waals surface area contributed by atoms with E-state index in [1.807, 2.05) is 0 Å². The summed E-state index contributed by atoms with van der Waals surface area (Å²) in [6, 6.07) is 7.00. The molecule has 1 amide bonds. The van der Waals surface area contributed by atoms with Crippen LogP contribution in [0.25, 0.3) is 10.2 Å². The van der Waals surface area contributed by atoms with E-state index in [0.717, 1.165) is 16.0 Å². The van der Waals surface area contributed by atoms with Gasteiger partial charge in [0.1, 0.15) is 6.54 Å². The van der Waals surface area contributed by atoms with Gasteiger partial charge in [-0.3, -0.25) is 19.0 Å². The Morgan fingerprint density at radius 2 is 2.09 bits per heavy atom. The maximum Gasteiger partial charge on any atom is 0.328 e. The van der Waals surface area contributed by atoms with E-state index in [9.17, 15) is 14.4 Å². The lowest BCUT2D eigenvalue weighted by Crippen LogP contribution is -2.44. The average Bonchev–Trinajstić information content (AvgIpc) is 2.74. The third-order valence-electron chi connectivity index (χ3n) is 2.63. The first-order valence-electron chi connectivity index (χ1n) is 5.87. The van der Waals surface area contributed by atoms with Gasteiger partial charge in [0, 0.05) is 0 Å². The van der Waals surface area contributed by atoms with E-state index in [1.54, 1.807) is 24.3 Å². The van der Waals surface area contributed by atoms with Gasteiger partial charge in [-0.15, -0.1) is 0 Å². The first-order chi connectivity index (χ1) is 10.3. The highest BCUT2D eigenvalue weighted by molar-refractivity contribution is 7.16. The van der Waals surface area contributed by atoms with Crippen molar-refractivity contribution in [3.8, 4) is 0 Å². The minimum Gasteiger partial charge on any atom is -0.436 e. The van der Waals surface area contributed by atoms with E-state index < -0.39 is 16.0 Å². The van der Waals surface area contributed by atoms with Crippen molar-refractivity contribution < 1.29 is 14.3 Å². The Bertz CT molecular complexity index is 753. The Hall–Kier alpha value is -1.28. The number of amides is 1. The van der Waals surface area contributed by atoms with Crippen molar-refractivity contribution in [2.75, 3.05) is 0 Å². The van der Waals surface area contributed by atoms with Gasteiger partial charge in [0.2, 0.25) is 16.4 Å². The Labute approximate surface area is 143 Å². The molecule has 1 N–H and O–H groups in total. The number of nitrogens with zero attached hydrogens (tertiary/aromatic N) is 1. The Kier molecular flexibility index (Phi) is 5.33. The van der Waals surface area contributed by atoms with Gasteiger partial charge in [-0.1, -0.05) is 58.3 Å². The smallest absolute Gasteiger partial charge is 0.328 e. The fourth-order valence-corrected chi connectivity index (χ4v) is 2.93. The normalized spacial score (nSPS) is 12.9. The van der Waals surface area contributed by atoms with Gasteiger partial charge in [0.25, 0.3) is 0 Å². The highest BCUT2D eigenvalue weighted by atomic mass is 35.6. The summed E-state index contributed by atoms with van der Waals surface area (Å²) in [4.78, 5) is 34.0. The molecule has 0 aliphatic heterocycles. The van der Waals surface area contributed by atoms with Crippen molar-refractivity contribution in [2.24, 2.45) is 0 Å². The molecule has 0 saturated carbocycles. The first-order valence-corrected chi connectivity index (χ1v) is 7.82. The number of thiazole rings is 1. The first kappa shape index (κ1) is 17.1. The highest BCUT2D eigenvalue weighted by Gasteiger charge is 2.36. The maximum atomic E-state index is 11.9. The fourth-order valence-electron chi connectivity index (χ4n) is 1.72. The van der Waals surface area contributed by atoms with Gasteiger partial charge < -0.3 is 10.1 Å². The second kappa shape index (κ2) is 6.87. The molecule has 1 aromatic heterocycles. The summed E-state index contributed by atoms with van der Waals surface area (Å²) in [5, 5.41) is 2.08. The van der Waals surface area contributed by atoms with Crippen LogP contribution in [0, 0.1) is 0 Å². The largest absolute Gasteiger partial charge is 0.436 e. The molecule has 6 nitrogen and oxygen atoms in total. The van der Waals surface area contributed by atoms with Crippen LogP contribution in [0.2, 0.25) is 0 Å². The summed E-state index contributed by atoms with van der Waals surface area (Å²) < 4.78 is 4.86. The zero-order chi connectivity index (χ0) is 16.3. The van der Waals surface area contributed by atoms with E-state index >= 15 is 0 Å². The van der Waals surface area contributed by atoms with Gasteiger partial charge in [0.05, 0.1) is 10.2 Å². The Morgan fingerprint density at radius 1 is 1.41 bits per heavy atom. The van der Waals surface area contributed by atoms with E-state index in [-0.39, 0.29) is 17.8 Å². The van der Waals surface area contributed by atoms with E-state index in [4.69, 9.17) is 39.5 Å². The van der Waals surface area contributed by atoms with Gasteiger partial charge in [-0.2, -0.15) is 0 Å². The van der Waals surface area contributed by atoms with Crippen LogP contribution in [0.3, 0.4) is 0 Å². The van der Waals surface area contributed by atoms with Crippen molar-refractivity contribution >= 4 is 68.7 Å². The summed E-state index contributed by atoms with van der Waals surface area (Å²) in [5.41, 5.74) is 0.600. The summed E-state index contributed by atoms with van der Waals surface area (Å²) in [5.74, 6) is -0.823. The molecule has 118 valence electrons. The van der Waals surface area contributed by atoms with Crippen LogP contribution >= 0.6 is 46.1 Å². The SMILES string of the molecule is O=CN[C@H](OC(=O)Cn1c(=O)sc2ccccc21)C(Cl)(Cl)Cl. The third kappa shape index (κ3) is 3.92. The van der Waals surface area contributed by atoms with Crippen molar-refractivity contribution in [2.45, 2.75) is 16.6 Å². The van der Waals surface area contributed by atoms with Crippen molar-refractivity contribution in [3.63, 3.8) is 0 Å². The lowest BCUT2D eigenvalue weighted by Gasteiger charge is -2.23. The second-order valence-corrected chi connectivity index (χ2v) is 7.48. The highest BCUT2D eigenvalue weighted by Crippen LogP contribution is 2.30. The number of rotatable bonds is 5. The molecule has 1 heterocycles. The maximum absolute atomic E-state index is 11.9. The molecule has 2 aromatic rings. The summed E-state index contributed by atoms with van der Waals surface area (Å²) in [6.07, 6.45) is -1.21. The molecule has 0 aliphatic rings. The molecule has 0 unspecified atom stereocenters. The molecule has 0 radical (unpaired) electrons. The number of ether oxygens (including phenoxy) is 1. The summed E-state index contributed by atoms with van der Waals surface area (Å²) >= 11 is 17.8. The van der Waals surface area contributed by atoms with Crippen molar-refractivity contribution in [1.29, 1.82) is 0 Å². The van der Waals surface area contributed by atoms with Crippen molar-refractivity contribution in [3.05, 3.63) is 33.9 Å². The predicted molar refractivity (Wildman–Crippen MR) is 85.5 cm³/mol. The number of benzene rings is 1. The minimum absolute atomic E-state index is 0.242. The summed E-state index contributed by atoms with van der Waals surface area (Å²) in [6.45, 7) is -0.360. The molecule has 0 saturated heterocycles. The minimum atomic E-state index is -2.03. The van der Waals surface area contributed by atoms with Gasteiger partial charge >= 0.3 is 10.8 Å². The number of alkyl halides is 3.